The molecule has 0 radical (unpaired) electrons. The summed E-state index contributed by atoms with van der Waals surface area (Å²) < 4.78 is 30.8. The highest BCUT2D eigenvalue weighted by Crippen LogP contribution is 2.23. The van der Waals surface area contributed by atoms with E-state index >= 15 is 0 Å². The second-order valence-electron chi connectivity index (χ2n) is 5.74. The molecule has 7 nitrogen and oxygen atoms in total. The normalized spacial score (nSPS) is 11.0. The molecule has 0 aliphatic carbocycles. The molecule has 136 valence electrons. The van der Waals surface area contributed by atoms with Gasteiger partial charge in [0, 0.05) is 19.8 Å². The number of ether oxygens (including phenoxy) is 1. The van der Waals surface area contributed by atoms with Gasteiger partial charge in [0.2, 0.25) is 10.0 Å². The number of nitriles is 1. The minimum Gasteiger partial charge on any atom is -0.483 e. The quantitative estimate of drug-likeness (QED) is 0.836. The number of rotatable bonds is 6. The van der Waals surface area contributed by atoms with Gasteiger partial charge in [-0.2, -0.15) is 5.26 Å². The van der Waals surface area contributed by atoms with Crippen LogP contribution in [0.4, 0.5) is 5.69 Å². The van der Waals surface area contributed by atoms with Crippen molar-refractivity contribution in [1.82, 2.24) is 4.31 Å². The van der Waals surface area contributed by atoms with Gasteiger partial charge < -0.3 is 10.1 Å². The first-order valence-electron chi connectivity index (χ1n) is 7.70. The zero-order valence-electron chi connectivity index (χ0n) is 14.7. The Morgan fingerprint density at radius 2 is 1.96 bits per heavy atom. The topological polar surface area (TPSA) is 99.5 Å². The molecule has 0 heterocycles. The lowest BCUT2D eigenvalue weighted by atomic mass is 10.2. The monoisotopic (exact) mass is 373 g/mol. The number of carbonyl (C=O) groups is 1. The van der Waals surface area contributed by atoms with Crippen molar-refractivity contribution in [3.8, 4) is 11.8 Å². The van der Waals surface area contributed by atoms with E-state index in [1.807, 2.05) is 6.07 Å². The third-order valence-electron chi connectivity index (χ3n) is 3.56. The molecule has 2 aromatic carbocycles. The number of amides is 1. The van der Waals surface area contributed by atoms with Crippen LogP contribution >= 0.6 is 0 Å². The first-order chi connectivity index (χ1) is 12.2. The van der Waals surface area contributed by atoms with Gasteiger partial charge in [-0.3, -0.25) is 4.79 Å². The van der Waals surface area contributed by atoms with E-state index in [2.05, 4.69) is 5.32 Å². The van der Waals surface area contributed by atoms with Gasteiger partial charge in [-0.1, -0.05) is 6.07 Å². The van der Waals surface area contributed by atoms with Crippen LogP contribution in [0.15, 0.2) is 47.4 Å². The molecule has 0 aliphatic rings. The van der Waals surface area contributed by atoms with Gasteiger partial charge in [0.1, 0.15) is 5.75 Å². The van der Waals surface area contributed by atoms with Gasteiger partial charge in [-0.25, -0.2) is 12.7 Å². The Hall–Kier alpha value is -2.89. The van der Waals surface area contributed by atoms with Crippen molar-refractivity contribution in [3.63, 3.8) is 0 Å². The van der Waals surface area contributed by atoms with Crippen LogP contribution in [0, 0.1) is 18.3 Å². The average molecular weight is 373 g/mol. The third kappa shape index (κ3) is 4.59. The minimum absolute atomic E-state index is 0.158. The van der Waals surface area contributed by atoms with Crippen LogP contribution in [0.5, 0.6) is 5.75 Å². The zero-order chi connectivity index (χ0) is 19.3. The number of nitrogens with one attached hydrogen (secondary N) is 1. The van der Waals surface area contributed by atoms with Gasteiger partial charge in [0.25, 0.3) is 5.91 Å². The van der Waals surface area contributed by atoms with Crippen molar-refractivity contribution >= 4 is 21.6 Å². The Bertz CT molecular complexity index is 963. The van der Waals surface area contributed by atoms with E-state index < -0.39 is 10.0 Å². The molecule has 1 N–H and O–H groups in total. The largest absolute Gasteiger partial charge is 0.483 e. The van der Waals surface area contributed by atoms with Crippen LogP contribution in [0.2, 0.25) is 0 Å². The number of carbonyl (C=O) groups excluding carboxylic acids is 1. The highest BCUT2D eigenvalue weighted by molar-refractivity contribution is 7.89. The fourth-order valence-corrected chi connectivity index (χ4v) is 3.15. The van der Waals surface area contributed by atoms with Crippen LogP contribution in [0.25, 0.3) is 0 Å². The minimum atomic E-state index is -3.52. The van der Waals surface area contributed by atoms with Crippen molar-refractivity contribution in [3.05, 3.63) is 53.6 Å². The van der Waals surface area contributed by atoms with Gasteiger partial charge in [-0.15, -0.1) is 0 Å². The molecular formula is C18H19N3O4S. The standard InChI is InChI=1S/C18H19N3O4S/c1-13-9-16(26(23,24)21(2)3)7-8-17(13)25-12-18(22)20-15-6-4-5-14(10-15)11-19/h4-10H,12H2,1-3H3,(H,20,22). The zero-order valence-corrected chi connectivity index (χ0v) is 15.5. The highest BCUT2D eigenvalue weighted by Gasteiger charge is 2.18. The van der Waals surface area contributed by atoms with E-state index in [-0.39, 0.29) is 17.4 Å². The highest BCUT2D eigenvalue weighted by atomic mass is 32.2. The van der Waals surface area contributed by atoms with Crippen LogP contribution in [0.3, 0.4) is 0 Å². The van der Waals surface area contributed by atoms with E-state index in [1.54, 1.807) is 31.2 Å². The summed E-state index contributed by atoms with van der Waals surface area (Å²) in [7, 11) is -0.605. The van der Waals surface area contributed by atoms with Crippen molar-refractivity contribution in [2.75, 3.05) is 26.0 Å². The second kappa shape index (κ2) is 7.99. The third-order valence-corrected chi connectivity index (χ3v) is 5.37. The summed E-state index contributed by atoms with van der Waals surface area (Å²) in [6.07, 6.45) is 0. The van der Waals surface area contributed by atoms with Gasteiger partial charge in [-0.05, 0) is 48.9 Å². The summed E-state index contributed by atoms with van der Waals surface area (Å²) in [5.41, 5.74) is 1.55. The molecule has 0 saturated carbocycles. The van der Waals surface area contributed by atoms with Crippen molar-refractivity contribution in [1.29, 1.82) is 5.26 Å². The SMILES string of the molecule is Cc1cc(S(=O)(=O)N(C)C)ccc1OCC(=O)Nc1cccc(C#N)c1. The summed E-state index contributed by atoms with van der Waals surface area (Å²) in [5.74, 6) is 0.0353. The molecule has 8 heteroatoms. The number of hydrogen-bond acceptors (Lipinski definition) is 5. The first-order valence-corrected chi connectivity index (χ1v) is 9.14. The number of nitrogens with zero attached hydrogens (tertiary/aromatic N) is 2. The average Bonchev–Trinajstić information content (AvgIpc) is 2.60. The van der Waals surface area contributed by atoms with Gasteiger partial charge >= 0.3 is 0 Å². The van der Waals surface area contributed by atoms with Crippen LogP contribution < -0.4 is 10.1 Å². The number of hydrogen-bond donors (Lipinski definition) is 1. The van der Waals surface area contributed by atoms with E-state index in [0.29, 0.717) is 22.6 Å². The van der Waals surface area contributed by atoms with Crippen molar-refractivity contribution < 1.29 is 17.9 Å². The number of aryl methyl sites for hydroxylation is 1. The summed E-state index contributed by atoms with van der Waals surface area (Å²) in [4.78, 5) is 12.1. The molecule has 0 spiro atoms. The van der Waals surface area contributed by atoms with Gasteiger partial charge in [0.05, 0.1) is 16.5 Å². The predicted octanol–water partition coefficient (Wildman–Crippen LogP) is 2.13. The maximum atomic E-state index is 12.1. The summed E-state index contributed by atoms with van der Waals surface area (Å²) in [5, 5.41) is 11.5. The van der Waals surface area contributed by atoms with Gasteiger partial charge in [0.15, 0.2) is 6.61 Å². The molecule has 26 heavy (non-hydrogen) atoms. The first kappa shape index (κ1) is 19.4. The summed E-state index contributed by atoms with van der Waals surface area (Å²) in [6.45, 7) is 1.47. The Morgan fingerprint density at radius 3 is 2.58 bits per heavy atom. The molecule has 1 amide bonds. The fourth-order valence-electron chi connectivity index (χ4n) is 2.16. The number of benzene rings is 2. The lowest BCUT2D eigenvalue weighted by molar-refractivity contribution is -0.118. The Balaban J connectivity index is 2.03. The summed E-state index contributed by atoms with van der Waals surface area (Å²) in [6, 6.07) is 13.0. The molecular weight excluding hydrogens is 354 g/mol. The molecule has 2 rings (SSSR count). The molecule has 2 aromatic rings. The Labute approximate surface area is 152 Å². The maximum absolute atomic E-state index is 12.1. The van der Waals surface area contributed by atoms with E-state index in [4.69, 9.17) is 10.00 Å². The molecule has 0 unspecified atom stereocenters. The van der Waals surface area contributed by atoms with Crippen LogP contribution in [-0.2, 0) is 14.8 Å². The molecule has 0 atom stereocenters. The second-order valence-corrected chi connectivity index (χ2v) is 7.90. The van der Waals surface area contributed by atoms with Crippen molar-refractivity contribution in [2.24, 2.45) is 0 Å². The Morgan fingerprint density at radius 1 is 1.23 bits per heavy atom. The van der Waals surface area contributed by atoms with Crippen molar-refractivity contribution in [2.45, 2.75) is 11.8 Å². The predicted molar refractivity (Wildman–Crippen MR) is 97.3 cm³/mol. The molecule has 0 aliphatic heterocycles. The van der Waals surface area contributed by atoms with E-state index in [1.165, 1.54) is 32.3 Å². The lowest BCUT2D eigenvalue weighted by Crippen LogP contribution is -2.22. The maximum Gasteiger partial charge on any atom is 0.262 e. The smallest absolute Gasteiger partial charge is 0.262 e. The Kier molecular flexibility index (Phi) is 5.97. The lowest BCUT2D eigenvalue weighted by Gasteiger charge is -2.14. The molecule has 0 aromatic heterocycles. The number of anilines is 1. The van der Waals surface area contributed by atoms with E-state index in [0.717, 1.165) is 4.31 Å². The molecule has 0 saturated heterocycles. The van der Waals surface area contributed by atoms with Crippen LogP contribution in [0.1, 0.15) is 11.1 Å². The van der Waals surface area contributed by atoms with E-state index in [9.17, 15) is 13.2 Å². The number of sulfonamides is 1. The van der Waals surface area contributed by atoms with Crippen LogP contribution in [-0.4, -0.2) is 39.3 Å². The fraction of sp³-hybridized carbons (Fsp3) is 0.222. The molecule has 0 fully saturated rings. The summed E-state index contributed by atoms with van der Waals surface area (Å²) >= 11 is 0. The molecule has 0 bridgehead atoms.